The van der Waals surface area contributed by atoms with E-state index in [4.69, 9.17) is 4.74 Å². The number of ether oxygens (including phenoxy) is 1. The van der Waals surface area contributed by atoms with Crippen LogP contribution in [0.15, 0.2) is 53.4 Å². The van der Waals surface area contributed by atoms with Crippen molar-refractivity contribution in [3.05, 3.63) is 54.1 Å². The fourth-order valence-corrected chi connectivity index (χ4v) is 3.91. The lowest BCUT2D eigenvalue weighted by Crippen LogP contribution is -2.28. The van der Waals surface area contributed by atoms with E-state index in [0.29, 0.717) is 5.69 Å². The highest BCUT2D eigenvalue weighted by Crippen LogP contribution is 2.29. The average Bonchev–Trinajstić information content (AvgIpc) is 3.13. The van der Waals surface area contributed by atoms with Crippen molar-refractivity contribution in [3.63, 3.8) is 0 Å². The minimum absolute atomic E-state index is 0.0911. The molecule has 2 aromatic rings. The number of carbonyl (C=O) groups excluding carboxylic acids is 3. The van der Waals surface area contributed by atoms with Crippen LogP contribution in [0.4, 0.5) is 11.4 Å². The summed E-state index contributed by atoms with van der Waals surface area (Å²) in [5.41, 5.74) is 2.57. The highest BCUT2D eigenvalue weighted by atomic mass is 32.2. The van der Waals surface area contributed by atoms with Gasteiger partial charge < -0.3 is 15.0 Å². The van der Waals surface area contributed by atoms with Crippen LogP contribution in [0.2, 0.25) is 0 Å². The van der Waals surface area contributed by atoms with Gasteiger partial charge in [-0.05, 0) is 36.4 Å². The van der Waals surface area contributed by atoms with Gasteiger partial charge >= 0.3 is 5.97 Å². The lowest BCUT2D eigenvalue weighted by molar-refractivity contribution is -0.151. The molecule has 0 aliphatic carbocycles. The van der Waals surface area contributed by atoms with E-state index in [-0.39, 0.29) is 25.5 Å². The number of esters is 1. The fourth-order valence-electron chi connectivity index (χ4n) is 3.36. The fraction of sp³-hybridized carbons (Fsp3) is 0.318. The Kier molecular flexibility index (Phi) is 6.93. The molecule has 1 N–H and O–H groups in total. The number of nitrogens with one attached hydrogen (secondary N) is 1. The minimum Gasteiger partial charge on any atom is -0.455 e. The quantitative estimate of drug-likeness (QED) is 0.556. The molecule has 2 aromatic carbocycles. The number of para-hydroxylation sites is 2. The molecule has 1 fully saturated rings. The number of aryl methyl sites for hydroxylation is 1. The Balaban J connectivity index is 1.56. The Labute approximate surface area is 174 Å². The lowest BCUT2D eigenvalue weighted by Gasteiger charge is -2.19. The summed E-state index contributed by atoms with van der Waals surface area (Å²) in [7, 11) is 0. The first-order valence-corrected chi connectivity index (χ1v) is 10.7. The SMILES string of the molecule is CCc1ccccc1N1C[C@@H](C(=O)OCC(=O)Nc2ccccc2SC)CC1=O. The predicted octanol–water partition coefficient (Wildman–Crippen LogP) is 3.51. The van der Waals surface area contributed by atoms with E-state index in [1.54, 1.807) is 11.0 Å². The summed E-state index contributed by atoms with van der Waals surface area (Å²) in [4.78, 5) is 39.6. The average molecular weight is 413 g/mol. The predicted molar refractivity (Wildman–Crippen MR) is 114 cm³/mol. The normalized spacial score (nSPS) is 16.0. The van der Waals surface area contributed by atoms with E-state index in [0.717, 1.165) is 22.6 Å². The summed E-state index contributed by atoms with van der Waals surface area (Å²) in [5, 5.41) is 2.75. The van der Waals surface area contributed by atoms with Gasteiger partial charge in [0.05, 0.1) is 11.6 Å². The molecule has 152 valence electrons. The number of rotatable bonds is 7. The Bertz CT molecular complexity index is 915. The van der Waals surface area contributed by atoms with Crippen LogP contribution in [-0.4, -0.2) is 37.2 Å². The molecule has 1 saturated heterocycles. The molecule has 2 amide bonds. The van der Waals surface area contributed by atoms with E-state index in [1.165, 1.54) is 11.8 Å². The highest BCUT2D eigenvalue weighted by molar-refractivity contribution is 7.98. The molecule has 7 heteroatoms. The number of thioether (sulfide) groups is 1. The first-order chi connectivity index (χ1) is 14.0. The van der Waals surface area contributed by atoms with Crippen molar-refractivity contribution in [2.24, 2.45) is 5.92 Å². The summed E-state index contributed by atoms with van der Waals surface area (Å²) in [6, 6.07) is 15.1. The molecule has 1 heterocycles. The first kappa shape index (κ1) is 20.9. The third-order valence-corrected chi connectivity index (χ3v) is 5.64. The summed E-state index contributed by atoms with van der Waals surface area (Å²) in [6.45, 7) is 1.92. The number of hydrogen-bond acceptors (Lipinski definition) is 5. The van der Waals surface area contributed by atoms with Crippen LogP contribution in [-0.2, 0) is 25.5 Å². The molecule has 3 rings (SSSR count). The van der Waals surface area contributed by atoms with Crippen molar-refractivity contribution in [3.8, 4) is 0 Å². The number of amides is 2. The molecule has 0 unspecified atom stereocenters. The minimum atomic E-state index is -0.571. The second kappa shape index (κ2) is 9.60. The van der Waals surface area contributed by atoms with Gasteiger partial charge in [-0.1, -0.05) is 37.3 Å². The van der Waals surface area contributed by atoms with E-state index < -0.39 is 17.8 Å². The molecule has 6 nitrogen and oxygen atoms in total. The van der Waals surface area contributed by atoms with E-state index >= 15 is 0 Å². The van der Waals surface area contributed by atoms with Crippen molar-refractivity contribution < 1.29 is 19.1 Å². The monoisotopic (exact) mass is 412 g/mol. The zero-order valence-corrected chi connectivity index (χ0v) is 17.3. The maximum atomic E-state index is 12.4. The van der Waals surface area contributed by atoms with E-state index in [9.17, 15) is 14.4 Å². The molecule has 0 bridgehead atoms. The van der Waals surface area contributed by atoms with Gasteiger partial charge in [-0.2, -0.15) is 0 Å². The number of carbonyl (C=O) groups is 3. The molecule has 1 aliphatic rings. The molecule has 0 aromatic heterocycles. The van der Waals surface area contributed by atoms with Gasteiger partial charge in [-0.15, -0.1) is 11.8 Å². The number of nitrogens with zero attached hydrogens (tertiary/aromatic N) is 1. The lowest BCUT2D eigenvalue weighted by atomic mass is 10.1. The molecule has 29 heavy (non-hydrogen) atoms. The molecule has 0 spiro atoms. The van der Waals surface area contributed by atoms with Crippen LogP contribution >= 0.6 is 11.8 Å². The van der Waals surface area contributed by atoms with Crippen LogP contribution in [0.3, 0.4) is 0 Å². The first-order valence-electron chi connectivity index (χ1n) is 9.51. The molecule has 1 aliphatic heterocycles. The third-order valence-electron chi connectivity index (χ3n) is 4.85. The summed E-state index contributed by atoms with van der Waals surface area (Å²) in [6.07, 6.45) is 2.81. The van der Waals surface area contributed by atoms with Gasteiger partial charge in [-0.25, -0.2) is 0 Å². The maximum Gasteiger partial charge on any atom is 0.311 e. The number of hydrogen-bond donors (Lipinski definition) is 1. The largest absolute Gasteiger partial charge is 0.455 e. The molecule has 1 atom stereocenters. The Morgan fingerprint density at radius 2 is 1.90 bits per heavy atom. The van der Waals surface area contributed by atoms with Crippen molar-refractivity contribution in [2.75, 3.05) is 29.6 Å². The van der Waals surface area contributed by atoms with Crippen molar-refractivity contribution in [1.82, 2.24) is 0 Å². The third kappa shape index (κ3) is 4.98. The standard InChI is InChI=1S/C22H24N2O4S/c1-3-15-8-4-6-10-18(15)24-13-16(12-21(24)26)22(27)28-14-20(25)23-17-9-5-7-11-19(17)29-2/h4-11,16H,3,12-14H2,1-2H3,(H,23,25)/t16-/m0/s1. The van der Waals surface area contributed by atoms with E-state index in [2.05, 4.69) is 5.32 Å². The smallest absolute Gasteiger partial charge is 0.311 e. The molecule has 0 radical (unpaired) electrons. The van der Waals surface area contributed by atoms with E-state index in [1.807, 2.05) is 55.6 Å². The zero-order chi connectivity index (χ0) is 20.8. The summed E-state index contributed by atoms with van der Waals surface area (Å²) >= 11 is 1.52. The Morgan fingerprint density at radius 1 is 1.17 bits per heavy atom. The van der Waals surface area contributed by atoms with Gasteiger partial charge in [0, 0.05) is 23.5 Å². The maximum absolute atomic E-state index is 12.4. The van der Waals surface area contributed by atoms with Crippen LogP contribution in [0, 0.1) is 5.92 Å². The molecular formula is C22H24N2O4S. The van der Waals surface area contributed by atoms with Gasteiger partial charge in [0.2, 0.25) is 5.91 Å². The van der Waals surface area contributed by atoms with Gasteiger partial charge in [0.1, 0.15) is 0 Å². The van der Waals surface area contributed by atoms with Gasteiger partial charge in [0.25, 0.3) is 5.91 Å². The van der Waals surface area contributed by atoms with Crippen LogP contribution in [0.25, 0.3) is 0 Å². The summed E-state index contributed by atoms with van der Waals surface area (Å²) < 4.78 is 5.19. The molecular weight excluding hydrogens is 388 g/mol. The van der Waals surface area contributed by atoms with Crippen molar-refractivity contribution in [2.45, 2.75) is 24.7 Å². The Hall–Kier alpha value is -2.80. The van der Waals surface area contributed by atoms with Crippen LogP contribution in [0.1, 0.15) is 18.9 Å². The van der Waals surface area contributed by atoms with Crippen molar-refractivity contribution in [1.29, 1.82) is 0 Å². The number of benzene rings is 2. The van der Waals surface area contributed by atoms with Gasteiger partial charge in [-0.3, -0.25) is 14.4 Å². The molecule has 0 saturated carbocycles. The topological polar surface area (TPSA) is 75.7 Å². The second-order valence-electron chi connectivity index (χ2n) is 6.74. The highest BCUT2D eigenvalue weighted by Gasteiger charge is 2.37. The zero-order valence-electron chi connectivity index (χ0n) is 16.5. The summed E-state index contributed by atoms with van der Waals surface area (Å²) in [5.74, 6) is -1.61. The van der Waals surface area contributed by atoms with Crippen molar-refractivity contribution >= 4 is 40.9 Å². The van der Waals surface area contributed by atoms with Gasteiger partial charge in [0.15, 0.2) is 6.61 Å². The Morgan fingerprint density at radius 3 is 2.66 bits per heavy atom. The van der Waals surface area contributed by atoms with Crippen LogP contribution < -0.4 is 10.2 Å². The van der Waals surface area contributed by atoms with Crippen LogP contribution in [0.5, 0.6) is 0 Å². The second-order valence-corrected chi connectivity index (χ2v) is 7.59. The number of anilines is 2.